The van der Waals surface area contributed by atoms with Crippen molar-refractivity contribution < 1.29 is 24.2 Å². The fourth-order valence-electron chi connectivity index (χ4n) is 4.88. The van der Waals surface area contributed by atoms with Crippen LogP contribution in [0.5, 0.6) is 11.5 Å². The summed E-state index contributed by atoms with van der Waals surface area (Å²) in [6.07, 6.45) is 4.29. The van der Waals surface area contributed by atoms with Crippen molar-refractivity contribution in [2.75, 3.05) is 27.4 Å². The van der Waals surface area contributed by atoms with Gasteiger partial charge in [-0.25, -0.2) is 0 Å². The number of phenols is 1. The van der Waals surface area contributed by atoms with Crippen LogP contribution in [0, 0.1) is 0 Å². The van der Waals surface area contributed by atoms with Crippen molar-refractivity contribution in [3.63, 3.8) is 0 Å². The molecule has 0 fully saturated rings. The Labute approximate surface area is 170 Å². The van der Waals surface area contributed by atoms with Gasteiger partial charge in [-0.2, -0.15) is 0 Å². The van der Waals surface area contributed by atoms with E-state index in [1.165, 1.54) is 7.11 Å². The zero-order valence-corrected chi connectivity index (χ0v) is 17.0. The van der Waals surface area contributed by atoms with E-state index in [1.54, 1.807) is 25.3 Å². The molecule has 1 N–H and O–H groups in total. The second kappa shape index (κ2) is 8.03. The second-order valence-corrected chi connectivity index (χ2v) is 7.78. The molecule has 0 aromatic heterocycles. The van der Waals surface area contributed by atoms with E-state index in [0.717, 1.165) is 53.8 Å². The average molecular weight is 397 g/mol. The highest BCUT2D eigenvalue weighted by Gasteiger charge is 2.43. The quantitative estimate of drug-likeness (QED) is 0.820. The number of aromatic hydroxyl groups is 1. The number of benzene rings is 1. The lowest BCUT2D eigenvalue weighted by Gasteiger charge is -2.44. The monoisotopic (exact) mass is 397 g/mol. The highest BCUT2D eigenvalue weighted by Crippen LogP contribution is 2.49. The van der Waals surface area contributed by atoms with Gasteiger partial charge in [0.2, 0.25) is 0 Å². The number of rotatable bonds is 5. The lowest BCUT2D eigenvalue weighted by atomic mass is 9.71. The fourth-order valence-corrected chi connectivity index (χ4v) is 4.88. The lowest BCUT2D eigenvalue weighted by molar-refractivity contribution is -0.117. The van der Waals surface area contributed by atoms with Crippen LogP contribution in [0.4, 0.5) is 0 Å². The molecule has 29 heavy (non-hydrogen) atoms. The molecular formula is C23H27NO5. The highest BCUT2D eigenvalue weighted by atomic mass is 16.5. The van der Waals surface area contributed by atoms with E-state index in [1.807, 2.05) is 0 Å². The molecule has 1 aromatic carbocycles. The number of carbonyl (C=O) groups is 2. The average Bonchev–Trinajstić information content (AvgIpc) is 2.72. The van der Waals surface area contributed by atoms with Gasteiger partial charge in [-0.05, 0) is 43.4 Å². The summed E-state index contributed by atoms with van der Waals surface area (Å²) in [5, 5.41) is 10.0. The maximum atomic E-state index is 13.1. The van der Waals surface area contributed by atoms with Crippen molar-refractivity contribution >= 4 is 11.6 Å². The number of methoxy groups -OCH3 is 2. The zero-order chi connectivity index (χ0) is 20.5. The van der Waals surface area contributed by atoms with Gasteiger partial charge in [0.15, 0.2) is 23.1 Å². The van der Waals surface area contributed by atoms with Crippen molar-refractivity contribution in [2.45, 2.75) is 44.4 Å². The van der Waals surface area contributed by atoms with E-state index < -0.39 is 5.92 Å². The number of phenolic OH excluding ortho intramolecular Hbond substituents is 1. The zero-order valence-electron chi connectivity index (χ0n) is 17.0. The molecule has 154 valence electrons. The maximum Gasteiger partial charge on any atom is 0.161 e. The third-order valence-corrected chi connectivity index (χ3v) is 6.14. The minimum Gasteiger partial charge on any atom is -0.504 e. The molecule has 4 rings (SSSR count). The van der Waals surface area contributed by atoms with Gasteiger partial charge in [-0.1, -0.05) is 6.07 Å². The fraction of sp³-hybridized carbons (Fsp3) is 0.478. The molecular weight excluding hydrogens is 370 g/mol. The predicted molar refractivity (Wildman–Crippen MR) is 108 cm³/mol. The number of ether oxygens (including phenoxy) is 2. The summed E-state index contributed by atoms with van der Waals surface area (Å²) in [6, 6.07) is 5.13. The Morgan fingerprint density at radius 2 is 1.62 bits per heavy atom. The Hall–Kier alpha value is -2.60. The van der Waals surface area contributed by atoms with Gasteiger partial charge in [0.05, 0.1) is 13.7 Å². The molecule has 6 heteroatoms. The Kier molecular flexibility index (Phi) is 5.46. The molecule has 0 atom stereocenters. The molecule has 0 saturated heterocycles. The van der Waals surface area contributed by atoms with Crippen LogP contribution in [0.3, 0.4) is 0 Å². The van der Waals surface area contributed by atoms with Crippen LogP contribution in [0.15, 0.2) is 40.7 Å². The molecule has 2 aliphatic carbocycles. The Bertz CT molecular complexity index is 870. The van der Waals surface area contributed by atoms with E-state index in [-0.39, 0.29) is 17.3 Å². The van der Waals surface area contributed by atoms with Crippen molar-refractivity contribution in [1.29, 1.82) is 0 Å². The van der Waals surface area contributed by atoms with Crippen molar-refractivity contribution in [3.05, 3.63) is 46.3 Å². The number of ketones is 2. The number of allylic oxidation sites excluding steroid dienone is 4. The summed E-state index contributed by atoms with van der Waals surface area (Å²) in [5.74, 6) is 0.211. The number of carbonyl (C=O) groups excluding carboxylic acids is 2. The number of hydrogen-bond donors (Lipinski definition) is 1. The third-order valence-electron chi connectivity index (χ3n) is 6.14. The third kappa shape index (κ3) is 3.35. The summed E-state index contributed by atoms with van der Waals surface area (Å²) < 4.78 is 10.6. The first kappa shape index (κ1) is 19.7. The Balaban J connectivity index is 1.92. The van der Waals surface area contributed by atoms with Crippen molar-refractivity contribution in [2.24, 2.45) is 0 Å². The topological polar surface area (TPSA) is 76.1 Å². The molecule has 0 unspecified atom stereocenters. The van der Waals surface area contributed by atoms with E-state index >= 15 is 0 Å². The normalized spacial score (nSPS) is 20.1. The first-order valence-corrected chi connectivity index (χ1v) is 10.2. The largest absolute Gasteiger partial charge is 0.504 e. The second-order valence-electron chi connectivity index (χ2n) is 7.78. The first-order chi connectivity index (χ1) is 14.1. The summed E-state index contributed by atoms with van der Waals surface area (Å²) in [5.41, 5.74) is 4.34. The van der Waals surface area contributed by atoms with Crippen LogP contribution in [0.2, 0.25) is 0 Å². The molecule has 0 radical (unpaired) electrons. The summed E-state index contributed by atoms with van der Waals surface area (Å²) in [7, 11) is 3.16. The van der Waals surface area contributed by atoms with Crippen LogP contribution in [-0.2, 0) is 14.3 Å². The van der Waals surface area contributed by atoms with Gasteiger partial charge < -0.3 is 19.5 Å². The van der Waals surface area contributed by atoms with E-state index in [9.17, 15) is 14.7 Å². The summed E-state index contributed by atoms with van der Waals surface area (Å²) in [4.78, 5) is 28.4. The van der Waals surface area contributed by atoms with Gasteiger partial charge in [0, 0.05) is 55.0 Å². The smallest absolute Gasteiger partial charge is 0.161 e. The standard InChI is InChI=1S/C23H27NO5/c1-28-12-11-24-15-5-3-7-18(26)22(15)21(23-16(24)6-4-8-19(23)27)14-9-10-17(25)20(13-14)29-2/h9-10,13,21,25H,3-8,11-12H2,1-2H3. The van der Waals surface area contributed by atoms with Crippen LogP contribution in [0.1, 0.15) is 50.0 Å². The van der Waals surface area contributed by atoms with Gasteiger partial charge >= 0.3 is 0 Å². The molecule has 1 aromatic rings. The van der Waals surface area contributed by atoms with E-state index in [4.69, 9.17) is 9.47 Å². The summed E-state index contributed by atoms with van der Waals surface area (Å²) in [6.45, 7) is 1.17. The first-order valence-electron chi connectivity index (χ1n) is 10.2. The molecule has 0 saturated carbocycles. The van der Waals surface area contributed by atoms with Crippen LogP contribution >= 0.6 is 0 Å². The predicted octanol–water partition coefficient (Wildman–Crippen LogP) is 3.46. The molecule has 0 spiro atoms. The lowest BCUT2D eigenvalue weighted by Crippen LogP contribution is -2.40. The number of nitrogens with zero attached hydrogens (tertiary/aromatic N) is 1. The molecule has 3 aliphatic rings. The van der Waals surface area contributed by atoms with E-state index in [2.05, 4.69) is 4.90 Å². The SMILES string of the molecule is COCCN1C2=C(C(=O)CCC2)C(c2ccc(O)c(OC)c2)C2=C1CCCC2=O. The molecule has 0 bridgehead atoms. The summed E-state index contributed by atoms with van der Waals surface area (Å²) >= 11 is 0. The van der Waals surface area contributed by atoms with Gasteiger partial charge in [0.25, 0.3) is 0 Å². The minimum atomic E-state index is -0.395. The minimum absolute atomic E-state index is 0.0436. The van der Waals surface area contributed by atoms with Gasteiger partial charge in [0.1, 0.15) is 0 Å². The van der Waals surface area contributed by atoms with Crippen molar-refractivity contribution in [1.82, 2.24) is 4.90 Å². The van der Waals surface area contributed by atoms with E-state index in [0.29, 0.717) is 31.7 Å². The Morgan fingerprint density at radius 1 is 1.00 bits per heavy atom. The van der Waals surface area contributed by atoms with Crippen LogP contribution in [-0.4, -0.2) is 48.9 Å². The highest BCUT2D eigenvalue weighted by molar-refractivity contribution is 6.06. The number of hydrogen-bond acceptors (Lipinski definition) is 6. The van der Waals surface area contributed by atoms with Crippen LogP contribution < -0.4 is 4.74 Å². The molecule has 6 nitrogen and oxygen atoms in total. The molecule has 1 aliphatic heterocycles. The van der Waals surface area contributed by atoms with Crippen LogP contribution in [0.25, 0.3) is 0 Å². The molecule has 1 heterocycles. The number of Topliss-reactive ketones (excluding diaryl/α,β-unsaturated/α-hetero) is 2. The Morgan fingerprint density at radius 3 is 2.17 bits per heavy atom. The van der Waals surface area contributed by atoms with Gasteiger partial charge in [-0.3, -0.25) is 9.59 Å². The van der Waals surface area contributed by atoms with Crippen molar-refractivity contribution in [3.8, 4) is 11.5 Å². The molecule has 0 amide bonds. The van der Waals surface area contributed by atoms with Gasteiger partial charge in [-0.15, -0.1) is 0 Å². The maximum absolute atomic E-state index is 13.1.